The first-order valence-corrected chi connectivity index (χ1v) is 13.4. The average Bonchev–Trinajstić information content (AvgIpc) is 3.52. The van der Waals surface area contributed by atoms with E-state index in [4.69, 9.17) is 9.72 Å². The maximum Gasteiger partial charge on any atom is 0.272 e. The molecular formula is C32H32N4O3. The third-order valence-corrected chi connectivity index (χ3v) is 7.04. The molecule has 4 aromatic rings. The van der Waals surface area contributed by atoms with Crippen molar-refractivity contribution in [1.82, 2.24) is 10.4 Å². The lowest BCUT2D eigenvalue weighted by Crippen LogP contribution is -2.20. The minimum absolute atomic E-state index is 0.0899. The summed E-state index contributed by atoms with van der Waals surface area (Å²) in [6.07, 6.45) is 4.17. The highest BCUT2D eigenvalue weighted by Crippen LogP contribution is 2.27. The van der Waals surface area contributed by atoms with Crippen molar-refractivity contribution in [3.05, 3.63) is 90.0 Å². The quantitative estimate of drug-likeness (QED) is 0.203. The van der Waals surface area contributed by atoms with E-state index in [-0.39, 0.29) is 17.7 Å². The van der Waals surface area contributed by atoms with Crippen molar-refractivity contribution in [3.63, 3.8) is 0 Å². The maximum atomic E-state index is 13.3. The highest BCUT2D eigenvalue weighted by molar-refractivity contribution is 6.08. The number of carbonyl (C=O) groups excluding carboxylic acids is 2. The van der Waals surface area contributed by atoms with E-state index in [9.17, 15) is 9.59 Å². The van der Waals surface area contributed by atoms with Gasteiger partial charge in [0, 0.05) is 22.6 Å². The number of benzene rings is 3. The Morgan fingerprint density at radius 2 is 1.69 bits per heavy atom. The molecule has 0 unspecified atom stereocenters. The van der Waals surface area contributed by atoms with Crippen LogP contribution < -0.4 is 15.5 Å². The second-order valence-corrected chi connectivity index (χ2v) is 9.72. The Morgan fingerprint density at radius 1 is 0.974 bits per heavy atom. The summed E-state index contributed by atoms with van der Waals surface area (Å²) in [7, 11) is 0. The third kappa shape index (κ3) is 6.14. The van der Waals surface area contributed by atoms with Gasteiger partial charge in [-0.2, -0.15) is 5.10 Å². The molecule has 0 radical (unpaired) electrons. The molecule has 1 aliphatic carbocycles. The highest BCUT2D eigenvalue weighted by Gasteiger charge is 2.22. The number of rotatable bonds is 8. The van der Waals surface area contributed by atoms with Gasteiger partial charge >= 0.3 is 0 Å². The monoisotopic (exact) mass is 520 g/mol. The van der Waals surface area contributed by atoms with Gasteiger partial charge < -0.3 is 10.1 Å². The lowest BCUT2D eigenvalue weighted by Gasteiger charge is -2.11. The van der Waals surface area contributed by atoms with E-state index in [0.29, 0.717) is 23.6 Å². The van der Waals surface area contributed by atoms with Crippen LogP contribution in [0.2, 0.25) is 0 Å². The number of amides is 2. The van der Waals surface area contributed by atoms with E-state index >= 15 is 0 Å². The Hall–Kier alpha value is -4.52. The average molecular weight is 521 g/mol. The van der Waals surface area contributed by atoms with E-state index < -0.39 is 0 Å². The number of ether oxygens (including phenoxy) is 1. The van der Waals surface area contributed by atoms with Crippen LogP contribution in [0, 0.1) is 5.92 Å². The second-order valence-electron chi connectivity index (χ2n) is 9.72. The molecule has 0 saturated heterocycles. The molecule has 7 nitrogen and oxygen atoms in total. The minimum atomic E-state index is -0.319. The molecule has 1 aliphatic rings. The van der Waals surface area contributed by atoms with E-state index in [1.807, 2.05) is 86.6 Å². The standard InChI is InChI=1S/C32H32N4O3/c1-3-39-26-18-14-23(15-19-26)30-20-28(27-10-6-7-11-29(27)34-30)32(38)36-35-21(2)22-12-16-25(17-13-22)33-31(37)24-8-4-5-9-24/h6-7,10-20,24H,3-5,8-9H2,1-2H3,(H,33,37)(H,36,38)/b35-21+. The van der Waals surface area contributed by atoms with Crippen molar-refractivity contribution in [2.75, 3.05) is 11.9 Å². The molecule has 198 valence electrons. The van der Waals surface area contributed by atoms with Gasteiger partial charge in [0.15, 0.2) is 0 Å². The van der Waals surface area contributed by atoms with Crippen LogP contribution in [-0.2, 0) is 4.79 Å². The zero-order chi connectivity index (χ0) is 27.2. The van der Waals surface area contributed by atoms with Gasteiger partial charge in [-0.05, 0) is 80.8 Å². The van der Waals surface area contributed by atoms with Crippen molar-refractivity contribution in [2.24, 2.45) is 11.0 Å². The zero-order valence-electron chi connectivity index (χ0n) is 22.2. The number of hydrogen-bond acceptors (Lipinski definition) is 5. The maximum absolute atomic E-state index is 13.3. The molecule has 2 N–H and O–H groups in total. The number of anilines is 1. The van der Waals surface area contributed by atoms with E-state index in [2.05, 4.69) is 15.8 Å². The molecule has 2 amide bonds. The minimum Gasteiger partial charge on any atom is -0.494 e. The van der Waals surface area contributed by atoms with Crippen LogP contribution in [0.1, 0.15) is 55.5 Å². The van der Waals surface area contributed by atoms with Crippen LogP contribution in [0.15, 0.2) is 84.0 Å². The summed E-state index contributed by atoms with van der Waals surface area (Å²) in [5.74, 6) is 0.670. The van der Waals surface area contributed by atoms with Crippen molar-refractivity contribution in [3.8, 4) is 17.0 Å². The summed E-state index contributed by atoms with van der Waals surface area (Å²) in [4.78, 5) is 30.5. The molecule has 1 saturated carbocycles. The molecule has 5 rings (SSSR count). The normalized spacial score (nSPS) is 13.8. The number of pyridine rings is 1. The van der Waals surface area contributed by atoms with Crippen molar-refractivity contribution >= 4 is 34.1 Å². The van der Waals surface area contributed by atoms with Crippen LogP contribution in [-0.4, -0.2) is 29.1 Å². The largest absolute Gasteiger partial charge is 0.494 e. The third-order valence-electron chi connectivity index (χ3n) is 7.04. The fourth-order valence-corrected chi connectivity index (χ4v) is 4.89. The summed E-state index contributed by atoms with van der Waals surface area (Å²) in [6, 6.07) is 24.5. The fraction of sp³-hybridized carbons (Fsp3) is 0.250. The van der Waals surface area contributed by atoms with E-state index in [1.165, 1.54) is 0 Å². The fourth-order valence-electron chi connectivity index (χ4n) is 4.89. The number of aromatic nitrogens is 1. The molecule has 0 aliphatic heterocycles. The molecule has 1 aromatic heterocycles. The first-order chi connectivity index (χ1) is 19.0. The Balaban J connectivity index is 1.32. The Labute approximate surface area is 228 Å². The van der Waals surface area contributed by atoms with Crippen molar-refractivity contribution in [2.45, 2.75) is 39.5 Å². The first kappa shape index (κ1) is 26.1. The smallest absolute Gasteiger partial charge is 0.272 e. The summed E-state index contributed by atoms with van der Waals surface area (Å²) in [5.41, 5.74) is 7.77. The van der Waals surface area contributed by atoms with Gasteiger partial charge in [-0.15, -0.1) is 0 Å². The molecule has 0 spiro atoms. The van der Waals surface area contributed by atoms with Gasteiger partial charge in [0.25, 0.3) is 5.91 Å². The number of carbonyl (C=O) groups is 2. The predicted molar refractivity (Wildman–Crippen MR) is 155 cm³/mol. The number of nitrogens with zero attached hydrogens (tertiary/aromatic N) is 2. The Bertz CT molecular complexity index is 1510. The Morgan fingerprint density at radius 3 is 2.41 bits per heavy atom. The van der Waals surface area contributed by atoms with Gasteiger partial charge in [0.2, 0.25) is 5.91 Å². The molecule has 39 heavy (non-hydrogen) atoms. The lowest BCUT2D eigenvalue weighted by molar-refractivity contribution is -0.119. The topological polar surface area (TPSA) is 92.7 Å². The van der Waals surface area contributed by atoms with Crippen molar-refractivity contribution < 1.29 is 14.3 Å². The van der Waals surface area contributed by atoms with Crippen LogP contribution >= 0.6 is 0 Å². The van der Waals surface area contributed by atoms with Crippen LogP contribution in [0.25, 0.3) is 22.2 Å². The zero-order valence-corrected chi connectivity index (χ0v) is 22.2. The molecule has 1 heterocycles. The van der Waals surface area contributed by atoms with E-state index in [0.717, 1.165) is 59.2 Å². The number of fused-ring (bicyclic) bond motifs is 1. The van der Waals surface area contributed by atoms with Gasteiger partial charge in [0.05, 0.1) is 29.1 Å². The number of hydrazone groups is 1. The summed E-state index contributed by atoms with van der Waals surface area (Å²) < 4.78 is 5.55. The van der Waals surface area contributed by atoms with Gasteiger partial charge in [-0.25, -0.2) is 10.4 Å². The number of para-hydroxylation sites is 1. The summed E-state index contributed by atoms with van der Waals surface area (Å²) in [6.45, 7) is 4.38. The number of hydrogen-bond donors (Lipinski definition) is 2. The van der Waals surface area contributed by atoms with Gasteiger partial charge in [-0.1, -0.05) is 43.2 Å². The molecule has 7 heteroatoms. The van der Waals surface area contributed by atoms with Crippen LogP contribution in [0.4, 0.5) is 5.69 Å². The second kappa shape index (κ2) is 11.9. The highest BCUT2D eigenvalue weighted by atomic mass is 16.5. The van der Waals surface area contributed by atoms with Crippen LogP contribution in [0.3, 0.4) is 0 Å². The number of nitrogens with one attached hydrogen (secondary N) is 2. The lowest BCUT2D eigenvalue weighted by atomic mass is 10.0. The molecule has 0 bridgehead atoms. The molecule has 1 fully saturated rings. The van der Waals surface area contributed by atoms with Gasteiger partial charge in [-0.3, -0.25) is 9.59 Å². The molecule has 3 aromatic carbocycles. The van der Waals surface area contributed by atoms with Crippen molar-refractivity contribution in [1.29, 1.82) is 0 Å². The Kier molecular flexibility index (Phi) is 7.96. The molecular weight excluding hydrogens is 488 g/mol. The van der Waals surface area contributed by atoms with E-state index in [1.54, 1.807) is 6.07 Å². The molecule has 0 atom stereocenters. The van der Waals surface area contributed by atoms with Gasteiger partial charge in [0.1, 0.15) is 5.75 Å². The first-order valence-electron chi connectivity index (χ1n) is 13.4. The summed E-state index contributed by atoms with van der Waals surface area (Å²) >= 11 is 0. The SMILES string of the molecule is CCOc1ccc(-c2cc(C(=O)N/N=C(\C)c3ccc(NC(=O)C4CCCC4)cc3)c3ccccc3n2)cc1. The summed E-state index contributed by atoms with van der Waals surface area (Å²) in [5, 5.41) is 8.11. The van der Waals surface area contributed by atoms with Crippen LogP contribution in [0.5, 0.6) is 5.75 Å². The predicted octanol–water partition coefficient (Wildman–Crippen LogP) is 6.58.